The third-order valence-corrected chi connectivity index (χ3v) is 9.95. The summed E-state index contributed by atoms with van der Waals surface area (Å²) in [5.74, 6) is -0.597. The van der Waals surface area contributed by atoms with E-state index in [4.69, 9.17) is 11.0 Å². The summed E-state index contributed by atoms with van der Waals surface area (Å²) in [7, 11) is -4.04. The van der Waals surface area contributed by atoms with Crippen LogP contribution in [0.1, 0.15) is 30.9 Å². The van der Waals surface area contributed by atoms with Crippen molar-refractivity contribution in [1.82, 2.24) is 9.97 Å². The summed E-state index contributed by atoms with van der Waals surface area (Å²) in [6.45, 7) is 0.355. The smallest absolute Gasteiger partial charge is 0.171 e. The Morgan fingerprint density at radius 1 is 1.29 bits per heavy atom. The van der Waals surface area contributed by atoms with Gasteiger partial charge in [-0.25, -0.2) is 22.2 Å². The van der Waals surface area contributed by atoms with Crippen LogP contribution < -0.4 is 11.1 Å². The Morgan fingerprint density at radius 3 is 2.82 bits per heavy atom. The molecule has 2 aliphatic heterocycles. The zero-order valence-corrected chi connectivity index (χ0v) is 18.9. The number of anilines is 2. The van der Waals surface area contributed by atoms with Crippen molar-refractivity contribution < 1.29 is 17.2 Å². The largest absolute Gasteiger partial charge is 0.386 e. The highest BCUT2D eigenvalue weighted by Gasteiger charge is 2.65. The van der Waals surface area contributed by atoms with Crippen LogP contribution in [0, 0.1) is 17.1 Å². The van der Waals surface area contributed by atoms with Gasteiger partial charge in [0.15, 0.2) is 20.4 Å². The lowest BCUT2D eigenvalue weighted by Gasteiger charge is -2.39. The van der Waals surface area contributed by atoms with E-state index in [1.165, 1.54) is 31.3 Å². The number of aliphatic imine (C=N–C) groups is 1. The number of hydrogen-bond acceptors (Lipinski definition) is 8. The number of pyridine rings is 2. The molecule has 34 heavy (non-hydrogen) atoms. The van der Waals surface area contributed by atoms with Gasteiger partial charge < -0.3 is 11.1 Å². The lowest BCUT2D eigenvalue weighted by molar-refractivity contribution is 0.415. The Balaban J connectivity index is 1.60. The van der Waals surface area contributed by atoms with Gasteiger partial charge in [-0.2, -0.15) is 5.26 Å². The highest BCUT2D eigenvalue weighted by Crippen LogP contribution is 2.52. The highest BCUT2D eigenvalue weighted by atomic mass is 32.2. The minimum atomic E-state index is -4.04. The number of nitrogens with zero attached hydrogens (tertiary/aromatic N) is 4. The molecule has 8 nitrogen and oxygen atoms in total. The maximum absolute atomic E-state index is 15.1. The van der Waals surface area contributed by atoms with Crippen molar-refractivity contribution in [3.8, 4) is 6.07 Å². The summed E-state index contributed by atoms with van der Waals surface area (Å²) in [6, 6.07) is 9.58. The highest BCUT2D eigenvalue weighted by molar-refractivity contribution is 7.94. The van der Waals surface area contributed by atoms with Gasteiger partial charge in [0.2, 0.25) is 0 Å². The van der Waals surface area contributed by atoms with Crippen molar-refractivity contribution in [2.24, 2.45) is 10.7 Å². The van der Waals surface area contributed by atoms with E-state index < -0.39 is 37.9 Å². The summed E-state index contributed by atoms with van der Waals surface area (Å²) in [6.07, 6.45) is 3.11. The molecular weight excluding hydrogens is 462 g/mol. The van der Waals surface area contributed by atoms with Gasteiger partial charge in [0, 0.05) is 29.0 Å². The average Bonchev–Trinajstić information content (AvgIpc) is 3.03. The van der Waals surface area contributed by atoms with E-state index in [1.807, 2.05) is 6.07 Å². The number of halogens is 2. The first-order chi connectivity index (χ1) is 16.2. The lowest BCUT2D eigenvalue weighted by Crippen LogP contribution is -2.58. The summed E-state index contributed by atoms with van der Waals surface area (Å²) in [5, 5.41) is 11.8. The first-order valence-electron chi connectivity index (χ1n) is 10.5. The first-order valence-corrected chi connectivity index (χ1v) is 12.1. The molecule has 2 aromatic heterocycles. The number of hydrogen-bond donors (Lipinski definition) is 2. The molecule has 4 heterocycles. The van der Waals surface area contributed by atoms with Crippen LogP contribution >= 0.6 is 0 Å². The van der Waals surface area contributed by atoms with Crippen molar-refractivity contribution in [3.63, 3.8) is 0 Å². The number of amidine groups is 1. The van der Waals surface area contributed by atoms with Crippen LogP contribution in [0.3, 0.4) is 0 Å². The van der Waals surface area contributed by atoms with E-state index in [-0.39, 0.29) is 24.2 Å². The fourth-order valence-electron chi connectivity index (χ4n) is 5.00. The van der Waals surface area contributed by atoms with Crippen LogP contribution in [-0.2, 0) is 15.4 Å². The molecule has 0 radical (unpaired) electrons. The van der Waals surface area contributed by atoms with Gasteiger partial charge in [-0.1, -0.05) is 0 Å². The number of alkyl halides is 1. The standard InChI is InChI=1S/C23H20F2N6O2S/c1-22(18-4-6-23(12-24,21(27)31-22)34(18,32)33)16-9-15(2-3-17(16)25)30-20-19-14(5-7-28-20)8-13(10-26)11-29-19/h2-3,5,7-9,11,18H,4,6,12H2,1H3,(H2,27,31)(H,28,30)/t18-,22+,23-/m0/s1. The van der Waals surface area contributed by atoms with Gasteiger partial charge in [-0.15, -0.1) is 0 Å². The number of rotatable bonds is 4. The van der Waals surface area contributed by atoms with Crippen LogP contribution in [0.4, 0.5) is 20.3 Å². The second-order valence-corrected chi connectivity index (χ2v) is 11.2. The molecule has 2 aliphatic rings. The van der Waals surface area contributed by atoms with Crippen molar-refractivity contribution >= 4 is 38.1 Å². The summed E-state index contributed by atoms with van der Waals surface area (Å²) < 4.78 is 53.6. The van der Waals surface area contributed by atoms with E-state index in [9.17, 15) is 12.8 Å². The number of benzene rings is 1. The Morgan fingerprint density at radius 2 is 2.09 bits per heavy atom. The van der Waals surface area contributed by atoms with Gasteiger partial charge in [0.25, 0.3) is 0 Å². The number of sulfone groups is 1. The monoisotopic (exact) mass is 482 g/mol. The van der Waals surface area contributed by atoms with Gasteiger partial charge in [0.05, 0.1) is 10.8 Å². The summed E-state index contributed by atoms with van der Waals surface area (Å²) in [4.78, 5) is 13.0. The zero-order chi connectivity index (χ0) is 24.3. The number of nitriles is 1. The molecule has 174 valence electrons. The maximum Gasteiger partial charge on any atom is 0.171 e. The second kappa shape index (κ2) is 7.43. The minimum absolute atomic E-state index is 0.0112. The molecule has 1 fully saturated rings. The first kappa shape index (κ1) is 22.2. The van der Waals surface area contributed by atoms with Crippen LogP contribution in [0.15, 0.2) is 47.7 Å². The summed E-state index contributed by atoms with van der Waals surface area (Å²) in [5.41, 5.74) is 5.84. The molecule has 3 aromatic rings. The van der Waals surface area contributed by atoms with Crippen LogP contribution in [-0.4, -0.2) is 40.9 Å². The molecule has 1 saturated heterocycles. The van der Waals surface area contributed by atoms with Crippen molar-refractivity contribution in [2.45, 2.75) is 35.3 Å². The minimum Gasteiger partial charge on any atom is -0.386 e. The van der Waals surface area contributed by atoms with Crippen molar-refractivity contribution in [3.05, 3.63) is 59.7 Å². The lowest BCUT2D eigenvalue weighted by atomic mass is 9.86. The van der Waals surface area contributed by atoms with E-state index in [1.54, 1.807) is 18.3 Å². The third kappa shape index (κ3) is 2.91. The van der Waals surface area contributed by atoms with E-state index in [2.05, 4.69) is 20.3 Å². The zero-order valence-electron chi connectivity index (χ0n) is 18.1. The Kier molecular flexibility index (Phi) is 4.84. The fraction of sp³-hybridized carbons (Fsp3) is 0.304. The van der Waals surface area contributed by atoms with Crippen LogP contribution in [0.5, 0.6) is 0 Å². The predicted octanol–water partition coefficient (Wildman–Crippen LogP) is 3.26. The number of aromatic nitrogens is 2. The number of nitrogens with two attached hydrogens (primary N) is 1. The van der Waals surface area contributed by atoms with E-state index in [0.29, 0.717) is 28.0 Å². The van der Waals surface area contributed by atoms with Crippen LogP contribution in [0.25, 0.3) is 10.9 Å². The SMILES string of the molecule is C[C@]1(c2cc(Nc3nccc4cc(C#N)cnc34)ccc2F)N=C(N)[C@@]2(CF)CC[C@@H]1S2(=O)=O. The molecule has 3 atom stereocenters. The van der Waals surface area contributed by atoms with Crippen molar-refractivity contribution in [2.75, 3.05) is 12.0 Å². The number of nitrogens with one attached hydrogen (secondary N) is 1. The molecule has 5 rings (SSSR count). The van der Waals surface area contributed by atoms with Gasteiger partial charge in [-0.05, 0) is 50.1 Å². The average molecular weight is 483 g/mol. The van der Waals surface area contributed by atoms with Gasteiger partial charge in [-0.3, -0.25) is 9.98 Å². The molecule has 3 N–H and O–H groups in total. The molecule has 2 bridgehead atoms. The molecule has 11 heteroatoms. The molecule has 0 unspecified atom stereocenters. The van der Waals surface area contributed by atoms with Gasteiger partial charge in [0.1, 0.15) is 35.5 Å². The molecule has 0 spiro atoms. The van der Waals surface area contributed by atoms with E-state index in [0.717, 1.165) is 0 Å². The Bertz CT molecular complexity index is 1520. The molecule has 1 aromatic carbocycles. The molecular formula is C23H20F2N6O2S. The summed E-state index contributed by atoms with van der Waals surface area (Å²) >= 11 is 0. The molecule has 0 saturated carbocycles. The quantitative estimate of drug-likeness (QED) is 0.583. The predicted molar refractivity (Wildman–Crippen MR) is 124 cm³/mol. The van der Waals surface area contributed by atoms with Crippen molar-refractivity contribution in [1.29, 1.82) is 5.26 Å². The topological polar surface area (TPSA) is 134 Å². The fourth-order valence-corrected chi connectivity index (χ4v) is 7.65. The second-order valence-electron chi connectivity index (χ2n) is 8.73. The Hall–Kier alpha value is -3.65. The van der Waals surface area contributed by atoms with E-state index >= 15 is 4.39 Å². The Labute approximate surface area is 194 Å². The third-order valence-electron chi connectivity index (χ3n) is 6.89. The van der Waals surface area contributed by atoms with Crippen LogP contribution in [0.2, 0.25) is 0 Å². The molecule has 0 aliphatic carbocycles. The van der Waals surface area contributed by atoms with Gasteiger partial charge >= 0.3 is 0 Å². The molecule has 0 amide bonds. The maximum atomic E-state index is 15.1. The normalized spacial score (nSPS) is 27.2. The number of fused-ring (bicyclic) bond motifs is 3.